The lowest BCUT2D eigenvalue weighted by molar-refractivity contribution is 0.0357. The van der Waals surface area contributed by atoms with Gasteiger partial charge in [-0.15, -0.1) is 0 Å². The summed E-state index contributed by atoms with van der Waals surface area (Å²) >= 11 is 0. The molecule has 1 aromatic rings. The van der Waals surface area contributed by atoms with E-state index in [1.807, 2.05) is 37.3 Å². The Morgan fingerprint density at radius 2 is 1.94 bits per heavy atom. The maximum Gasteiger partial charge on any atom is 0.0806 e. The molecule has 1 fully saturated rings. The van der Waals surface area contributed by atoms with E-state index in [9.17, 15) is 5.26 Å². The van der Waals surface area contributed by atoms with Crippen LogP contribution in [0.5, 0.6) is 0 Å². The standard InChI is InChI=1S/C15H20N2O/c1-15(13-16,14-5-3-2-4-6-14)7-8-17-9-11-18-12-10-17/h2-6H,7-12H2,1H3. The summed E-state index contributed by atoms with van der Waals surface area (Å²) in [6.45, 7) is 6.58. The number of rotatable bonds is 4. The lowest BCUT2D eigenvalue weighted by atomic mass is 9.81. The van der Waals surface area contributed by atoms with Crippen molar-refractivity contribution in [3.8, 4) is 6.07 Å². The Morgan fingerprint density at radius 1 is 1.28 bits per heavy atom. The van der Waals surface area contributed by atoms with E-state index < -0.39 is 0 Å². The molecule has 1 aliphatic heterocycles. The first-order valence-corrected chi connectivity index (χ1v) is 6.51. The number of nitriles is 1. The third kappa shape index (κ3) is 3.10. The molecule has 2 rings (SSSR count). The van der Waals surface area contributed by atoms with Gasteiger partial charge in [-0.25, -0.2) is 0 Å². The second-order valence-electron chi connectivity index (χ2n) is 5.01. The molecule has 0 radical (unpaired) electrons. The lowest BCUT2D eigenvalue weighted by Gasteiger charge is -2.30. The Bertz CT molecular complexity index is 406. The van der Waals surface area contributed by atoms with Crippen LogP contribution in [0.3, 0.4) is 0 Å². The Morgan fingerprint density at radius 3 is 2.56 bits per heavy atom. The van der Waals surface area contributed by atoms with Crippen LogP contribution in [0, 0.1) is 11.3 Å². The van der Waals surface area contributed by atoms with Crippen molar-refractivity contribution in [2.45, 2.75) is 18.8 Å². The fourth-order valence-corrected chi connectivity index (χ4v) is 2.28. The van der Waals surface area contributed by atoms with Crippen LogP contribution in [-0.2, 0) is 10.2 Å². The van der Waals surface area contributed by atoms with Crippen LogP contribution in [0.4, 0.5) is 0 Å². The molecule has 3 nitrogen and oxygen atoms in total. The molecule has 0 amide bonds. The van der Waals surface area contributed by atoms with Crippen molar-refractivity contribution in [3.63, 3.8) is 0 Å². The first-order valence-electron chi connectivity index (χ1n) is 6.51. The zero-order valence-corrected chi connectivity index (χ0v) is 10.9. The van der Waals surface area contributed by atoms with Gasteiger partial charge in [0.1, 0.15) is 0 Å². The summed E-state index contributed by atoms with van der Waals surface area (Å²) in [5.74, 6) is 0. The van der Waals surface area contributed by atoms with Crippen LogP contribution in [0.2, 0.25) is 0 Å². The van der Waals surface area contributed by atoms with Crippen LogP contribution >= 0.6 is 0 Å². The molecule has 0 saturated carbocycles. The first-order chi connectivity index (χ1) is 8.74. The third-order valence-corrected chi connectivity index (χ3v) is 3.69. The largest absolute Gasteiger partial charge is 0.379 e. The molecule has 1 aromatic carbocycles. The fraction of sp³-hybridized carbons (Fsp3) is 0.533. The topological polar surface area (TPSA) is 36.3 Å². The van der Waals surface area contributed by atoms with Crippen molar-refractivity contribution in [3.05, 3.63) is 35.9 Å². The first kappa shape index (κ1) is 13.1. The van der Waals surface area contributed by atoms with Crippen LogP contribution in [0.1, 0.15) is 18.9 Å². The molecular formula is C15H20N2O. The Kier molecular flexibility index (Phi) is 4.35. The average molecular weight is 244 g/mol. The predicted octanol–water partition coefficient (Wildman–Crippen LogP) is 2.19. The van der Waals surface area contributed by atoms with Gasteiger partial charge in [0.15, 0.2) is 0 Å². The van der Waals surface area contributed by atoms with Crippen LogP contribution in [-0.4, -0.2) is 37.7 Å². The molecule has 1 saturated heterocycles. The number of morpholine rings is 1. The van der Waals surface area contributed by atoms with E-state index in [0.717, 1.165) is 44.8 Å². The predicted molar refractivity (Wildman–Crippen MR) is 71.3 cm³/mol. The van der Waals surface area contributed by atoms with Gasteiger partial charge in [-0.05, 0) is 18.9 Å². The minimum Gasteiger partial charge on any atom is -0.379 e. The quantitative estimate of drug-likeness (QED) is 0.814. The molecule has 3 heteroatoms. The highest BCUT2D eigenvalue weighted by Gasteiger charge is 2.27. The summed E-state index contributed by atoms with van der Waals surface area (Å²) in [5, 5.41) is 9.47. The van der Waals surface area contributed by atoms with Crippen molar-refractivity contribution in [2.24, 2.45) is 0 Å². The molecular weight excluding hydrogens is 224 g/mol. The van der Waals surface area contributed by atoms with Gasteiger partial charge in [0.25, 0.3) is 0 Å². The second-order valence-corrected chi connectivity index (χ2v) is 5.01. The highest BCUT2D eigenvalue weighted by atomic mass is 16.5. The monoisotopic (exact) mass is 244 g/mol. The zero-order valence-electron chi connectivity index (χ0n) is 10.9. The van der Waals surface area contributed by atoms with E-state index in [2.05, 4.69) is 11.0 Å². The maximum absolute atomic E-state index is 9.47. The summed E-state index contributed by atoms with van der Waals surface area (Å²) < 4.78 is 5.34. The SMILES string of the molecule is CC(C#N)(CCN1CCOCC1)c1ccccc1. The highest BCUT2D eigenvalue weighted by molar-refractivity contribution is 5.30. The minimum absolute atomic E-state index is 0.389. The minimum atomic E-state index is -0.389. The molecule has 1 unspecified atom stereocenters. The molecule has 18 heavy (non-hydrogen) atoms. The van der Waals surface area contributed by atoms with Gasteiger partial charge in [0.2, 0.25) is 0 Å². The van der Waals surface area contributed by atoms with Gasteiger partial charge in [-0.2, -0.15) is 5.26 Å². The van der Waals surface area contributed by atoms with Crippen LogP contribution < -0.4 is 0 Å². The van der Waals surface area contributed by atoms with Crippen LogP contribution in [0.25, 0.3) is 0 Å². The summed E-state index contributed by atoms with van der Waals surface area (Å²) in [7, 11) is 0. The summed E-state index contributed by atoms with van der Waals surface area (Å²) in [6, 6.07) is 12.6. The Labute approximate surface area is 109 Å². The van der Waals surface area contributed by atoms with E-state index in [0.29, 0.717) is 0 Å². The van der Waals surface area contributed by atoms with Gasteiger partial charge >= 0.3 is 0 Å². The summed E-state index contributed by atoms with van der Waals surface area (Å²) in [6.07, 6.45) is 0.869. The number of hydrogen-bond acceptors (Lipinski definition) is 3. The zero-order chi connectivity index (χ0) is 12.8. The van der Waals surface area contributed by atoms with E-state index in [1.165, 1.54) is 0 Å². The third-order valence-electron chi connectivity index (χ3n) is 3.69. The molecule has 96 valence electrons. The molecule has 1 aliphatic rings. The molecule has 1 atom stereocenters. The lowest BCUT2D eigenvalue weighted by Crippen LogP contribution is -2.39. The van der Waals surface area contributed by atoms with Crippen LogP contribution in [0.15, 0.2) is 30.3 Å². The Balaban J connectivity index is 1.98. The normalized spacial score (nSPS) is 20.0. The molecule has 0 spiro atoms. The van der Waals surface area contributed by atoms with Crippen molar-refractivity contribution in [1.82, 2.24) is 4.90 Å². The maximum atomic E-state index is 9.47. The van der Waals surface area contributed by atoms with Crippen molar-refractivity contribution < 1.29 is 4.74 Å². The highest BCUT2D eigenvalue weighted by Crippen LogP contribution is 2.27. The van der Waals surface area contributed by atoms with Gasteiger partial charge < -0.3 is 4.74 Å². The van der Waals surface area contributed by atoms with E-state index >= 15 is 0 Å². The molecule has 0 bridgehead atoms. The van der Waals surface area contributed by atoms with Gasteiger partial charge in [-0.3, -0.25) is 4.90 Å². The van der Waals surface area contributed by atoms with Crippen molar-refractivity contribution in [2.75, 3.05) is 32.8 Å². The van der Waals surface area contributed by atoms with Crippen molar-refractivity contribution in [1.29, 1.82) is 5.26 Å². The van der Waals surface area contributed by atoms with E-state index in [4.69, 9.17) is 4.74 Å². The van der Waals surface area contributed by atoms with Gasteiger partial charge in [0.05, 0.1) is 24.7 Å². The number of benzene rings is 1. The van der Waals surface area contributed by atoms with E-state index in [1.54, 1.807) is 0 Å². The van der Waals surface area contributed by atoms with Gasteiger partial charge in [0, 0.05) is 19.6 Å². The van der Waals surface area contributed by atoms with Gasteiger partial charge in [-0.1, -0.05) is 30.3 Å². The summed E-state index contributed by atoms with van der Waals surface area (Å²) in [4.78, 5) is 2.38. The second kappa shape index (κ2) is 5.99. The molecule has 0 aliphatic carbocycles. The number of hydrogen-bond donors (Lipinski definition) is 0. The number of nitrogens with zero attached hydrogens (tertiary/aromatic N) is 2. The number of ether oxygens (including phenoxy) is 1. The molecule has 0 N–H and O–H groups in total. The fourth-order valence-electron chi connectivity index (χ4n) is 2.28. The van der Waals surface area contributed by atoms with E-state index in [-0.39, 0.29) is 5.41 Å². The summed E-state index contributed by atoms with van der Waals surface area (Å²) in [5.41, 5.74) is 0.722. The smallest absolute Gasteiger partial charge is 0.0806 e. The average Bonchev–Trinajstić information content (AvgIpc) is 2.47. The molecule has 0 aromatic heterocycles. The Hall–Kier alpha value is -1.37. The van der Waals surface area contributed by atoms with Crippen molar-refractivity contribution >= 4 is 0 Å². The molecule has 1 heterocycles.